The molecule has 0 aromatic heterocycles. The fourth-order valence-corrected chi connectivity index (χ4v) is 1.91. The number of ether oxygens (including phenoxy) is 1. The monoisotopic (exact) mass is 198 g/mol. The van der Waals surface area contributed by atoms with E-state index in [1.807, 2.05) is 30.3 Å². The highest BCUT2D eigenvalue weighted by Crippen LogP contribution is 2.38. The Morgan fingerprint density at radius 3 is 2.80 bits per heavy atom. The fraction of sp³-hybridized carbons (Fsp3) is 0.0769. The Labute approximate surface area is 87.8 Å². The van der Waals surface area contributed by atoms with Crippen LogP contribution in [0.25, 0.3) is 11.1 Å². The van der Waals surface area contributed by atoms with Crippen molar-refractivity contribution >= 4 is 0 Å². The van der Waals surface area contributed by atoms with Crippen molar-refractivity contribution in [1.82, 2.24) is 0 Å². The second kappa shape index (κ2) is 3.02. The molecule has 0 aliphatic carbocycles. The maximum absolute atomic E-state index is 9.47. The first-order valence-electron chi connectivity index (χ1n) is 4.89. The van der Waals surface area contributed by atoms with Crippen molar-refractivity contribution in [3.8, 4) is 22.6 Å². The zero-order chi connectivity index (χ0) is 10.3. The molecule has 0 saturated heterocycles. The van der Waals surface area contributed by atoms with E-state index in [9.17, 15) is 5.11 Å². The second-order valence-corrected chi connectivity index (χ2v) is 3.63. The lowest BCUT2D eigenvalue weighted by atomic mass is 9.97. The Morgan fingerprint density at radius 1 is 1.00 bits per heavy atom. The van der Waals surface area contributed by atoms with Crippen LogP contribution in [0.2, 0.25) is 0 Å². The van der Waals surface area contributed by atoms with Gasteiger partial charge in [0.2, 0.25) is 0 Å². The van der Waals surface area contributed by atoms with Crippen molar-refractivity contribution in [2.45, 2.75) is 6.61 Å². The van der Waals surface area contributed by atoms with Gasteiger partial charge in [0, 0.05) is 5.56 Å². The summed E-state index contributed by atoms with van der Waals surface area (Å²) in [5, 5.41) is 9.47. The molecule has 0 unspecified atom stereocenters. The number of hydrogen-bond donors (Lipinski definition) is 1. The highest BCUT2D eigenvalue weighted by atomic mass is 16.5. The number of phenolic OH excluding ortho intramolecular Hbond substituents is 1. The van der Waals surface area contributed by atoms with Crippen LogP contribution in [0.5, 0.6) is 11.5 Å². The number of phenols is 1. The lowest BCUT2D eigenvalue weighted by Gasteiger charge is -2.20. The molecule has 0 fully saturated rings. The molecule has 1 heterocycles. The van der Waals surface area contributed by atoms with Gasteiger partial charge in [-0.25, -0.2) is 0 Å². The molecule has 1 aliphatic heterocycles. The van der Waals surface area contributed by atoms with E-state index in [0.717, 1.165) is 22.4 Å². The summed E-state index contributed by atoms with van der Waals surface area (Å²) in [5.74, 6) is 1.18. The average Bonchev–Trinajstić information content (AvgIpc) is 2.29. The summed E-state index contributed by atoms with van der Waals surface area (Å²) < 4.78 is 5.61. The Balaban J connectivity index is 2.28. The molecular formula is C13H10O2. The van der Waals surface area contributed by atoms with Gasteiger partial charge in [-0.05, 0) is 29.3 Å². The maximum Gasteiger partial charge on any atom is 0.127 e. The Kier molecular flexibility index (Phi) is 1.68. The minimum atomic E-state index is 0.297. The van der Waals surface area contributed by atoms with E-state index in [-0.39, 0.29) is 0 Å². The van der Waals surface area contributed by atoms with Gasteiger partial charge in [0.1, 0.15) is 18.1 Å². The van der Waals surface area contributed by atoms with Gasteiger partial charge >= 0.3 is 0 Å². The highest BCUT2D eigenvalue weighted by Gasteiger charge is 2.16. The van der Waals surface area contributed by atoms with Gasteiger partial charge in [0.25, 0.3) is 0 Å². The first-order valence-corrected chi connectivity index (χ1v) is 4.89. The summed E-state index contributed by atoms with van der Waals surface area (Å²) in [7, 11) is 0. The molecule has 0 bridgehead atoms. The topological polar surface area (TPSA) is 29.5 Å². The number of benzene rings is 2. The van der Waals surface area contributed by atoms with E-state index in [4.69, 9.17) is 4.74 Å². The van der Waals surface area contributed by atoms with Crippen molar-refractivity contribution in [3.05, 3.63) is 48.0 Å². The van der Waals surface area contributed by atoms with E-state index >= 15 is 0 Å². The van der Waals surface area contributed by atoms with Crippen LogP contribution in [0.1, 0.15) is 5.56 Å². The van der Waals surface area contributed by atoms with E-state index in [2.05, 4.69) is 0 Å². The number of fused-ring (bicyclic) bond motifs is 3. The minimum absolute atomic E-state index is 0.297. The van der Waals surface area contributed by atoms with Gasteiger partial charge in [0.05, 0.1) is 0 Å². The lowest BCUT2D eigenvalue weighted by molar-refractivity contribution is 0.302. The number of para-hydroxylation sites is 1. The first-order chi connectivity index (χ1) is 7.34. The summed E-state index contributed by atoms with van der Waals surface area (Å²) in [6, 6.07) is 13.3. The van der Waals surface area contributed by atoms with Crippen LogP contribution in [0.3, 0.4) is 0 Å². The SMILES string of the molecule is Oc1ccc2c(c1)-c1ccccc1OC2. The minimum Gasteiger partial charge on any atom is -0.508 e. The van der Waals surface area contributed by atoms with Crippen LogP contribution in [-0.4, -0.2) is 5.11 Å². The molecule has 0 radical (unpaired) electrons. The first kappa shape index (κ1) is 8.36. The van der Waals surface area contributed by atoms with Gasteiger partial charge in [-0.1, -0.05) is 24.3 Å². The van der Waals surface area contributed by atoms with Gasteiger partial charge in [0.15, 0.2) is 0 Å². The van der Waals surface area contributed by atoms with Crippen molar-refractivity contribution in [2.24, 2.45) is 0 Å². The third-order valence-electron chi connectivity index (χ3n) is 2.65. The largest absolute Gasteiger partial charge is 0.508 e. The van der Waals surface area contributed by atoms with Gasteiger partial charge in [-0.15, -0.1) is 0 Å². The van der Waals surface area contributed by atoms with Crippen molar-refractivity contribution < 1.29 is 9.84 Å². The summed E-state index contributed by atoms with van der Waals surface area (Å²) in [6.45, 7) is 0.576. The zero-order valence-corrected chi connectivity index (χ0v) is 8.10. The van der Waals surface area contributed by atoms with E-state index < -0.39 is 0 Å². The lowest BCUT2D eigenvalue weighted by Crippen LogP contribution is -2.04. The molecule has 2 aromatic rings. The highest BCUT2D eigenvalue weighted by molar-refractivity contribution is 5.75. The molecule has 3 rings (SSSR count). The van der Waals surface area contributed by atoms with Crippen LogP contribution in [0, 0.1) is 0 Å². The zero-order valence-electron chi connectivity index (χ0n) is 8.10. The van der Waals surface area contributed by atoms with E-state index in [1.165, 1.54) is 0 Å². The van der Waals surface area contributed by atoms with Crippen molar-refractivity contribution in [3.63, 3.8) is 0 Å². The Bertz CT molecular complexity index is 518. The maximum atomic E-state index is 9.47. The van der Waals surface area contributed by atoms with Gasteiger partial charge < -0.3 is 9.84 Å². The van der Waals surface area contributed by atoms with Crippen LogP contribution in [0.4, 0.5) is 0 Å². The molecule has 1 N–H and O–H groups in total. The molecule has 0 saturated carbocycles. The van der Waals surface area contributed by atoms with Gasteiger partial charge in [-0.3, -0.25) is 0 Å². The molecule has 15 heavy (non-hydrogen) atoms. The standard InChI is InChI=1S/C13H10O2/c14-10-6-5-9-8-15-13-4-2-1-3-11(13)12(9)7-10/h1-7,14H,8H2. The molecular weight excluding hydrogens is 188 g/mol. The summed E-state index contributed by atoms with van der Waals surface area (Å²) in [6.07, 6.45) is 0. The Hall–Kier alpha value is -1.96. The van der Waals surface area contributed by atoms with E-state index in [0.29, 0.717) is 12.4 Å². The van der Waals surface area contributed by atoms with Crippen molar-refractivity contribution in [1.29, 1.82) is 0 Å². The molecule has 2 nitrogen and oxygen atoms in total. The molecule has 2 heteroatoms. The second-order valence-electron chi connectivity index (χ2n) is 3.63. The predicted octanol–water partition coefficient (Wildman–Crippen LogP) is 2.95. The molecule has 2 aromatic carbocycles. The summed E-state index contributed by atoms with van der Waals surface area (Å²) in [5.41, 5.74) is 3.23. The quantitative estimate of drug-likeness (QED) is 0.705. The molecule has 0 spiro atoms. The average molecular weight is 198 g/mol. The van der Waals surface area contributed by atoms with Crippen LogP contribution >= 0.6 is 0 Å². The predicted molar refractivity (Wildman–Crippen MR) is 57.9 cm³/mol. The number of hydrogen-bond acceptors (Lipinski definition) is 2. The molecule has 0 amide bonds. The fourth-order valence-electron chi connectivity index (χ4n) is 1.91. The molecule has 1 aliphatic rings. The third-order valence-corrected chi connectivity index (χ3v) is 2.65. The van der Waals surface area contributed by atoms with Crippen LogP contribution in [0.15, 0.2) is 42.5 Å². The Morgan fingerprint density at radius 2 is 1.87 bits per heavy atom. The van der Waals surface area contributed by atoms with Crippen LogP contribution < -0.4 is 4.74 Å². The summed E-state index contributed by atoms with van der Waals surface area (Å²) in [4.78, 5) is 0. The third kappa shape index (κ3) is 1.26. The molecule has 74 valence electrons. The number of aromatic hydroxyl groups is 1. The van der Waals surface area contributed by atoms with Crippen molar-refractivity contribution in [2.75, 3.05) is 0 Å². The smallest absolute Gasteiger partial charge is 0.127 e. The summed E-state index contributed by atoms with van der Waals surface area (Å²) >= 11 is 0. The normalized spacial score (nSPS) is 12.5. The van der Waals surface area contributed by atoms with Gasteiger partial charge in [-0.2, -0.15) is 0 Å². The molecule has 0 atom stereocenters. The van der Waals surface area contributed by atoms with Crippen LogP contribution in [-0.2, 0) is 6.61 Å². The number of rotatable bonds is 0. The van der Waals surface area contributed by atoms with E-state index in [1.54, 1.807) is 12.1 Å².